The van der Waals surface area contributed by atoms with Crippen molar-refractivity contribution in [2.75, 3.05) is 24.6 Å². The largest absolute Gasteiger partial charge is 0.396 e. The molecule has 1 heterocycles. The van der Waals surface area contributed by atoms with Gasteiger partial charge >= 0.3 is 0 Å². The number of hydrogen-bond donors (Lipinski definition) is 2. The maximum absolute atomic E-state index is 11.9. The summed E-state index contributed by atoms with van der Waals surface area (Å²) in [5.41, 5.74) is 1.59. The minimum Gasteiger partial charge on any atom is -0.396 e. The molecular formula is C13H15ClN2O3. The molecule has 5 nitrogen and oxygen atoms in total. The van der Waals surface area contributed by atoms with Crippen molar-refractivity contribution in [3.05, 3.63) is 28.8 Å². The molecule has 0 unspecified atom stereocenters. The Morgan fingerprint density at radius 3 is 3.00 bits per heavy atom. The fraction of sp³-hybridized carbons (Fsp3) is 0.385. The van der Waals surface area contributed by atoms with E-state index in [0.29, 0.717) is 18.0 Å². The van der Waals surface area contributed by atoms with E-state index in [9.17, 15) is 9.59 Å². The Balaban J connectivity index is 2.02. The Hall–Kier alpha value is -1.59. The average molecular weight is 283 g/mol. The van der Waals surface area contributed by atoms with Crippen molar-refractivity contribution in [1.29, 1.82) is 0 Å². The minimum atomic E-state index is -0.232. The number of benzene rings is 1. The van der Waals surface area contributed by atoms with Gasteiger partial charge in [0.15, 0.2) is 0 Å². The average Bonchev–Trinajstić information content (AvgIpc) is 2.65. The highest BCUT2D eigenvalue weighted by molar-refractivity contribution is 6.31. The molecule has 0 bridgehead atoms. The summed E-state index contributed by atoms with van der Waals surface area (Å²) in [5, 5.41) is 11.9. The van der Waals surface area contributed by atoms with Gasteiger partial charge in [0.25, 0.3) is 0 Å². The number of aliphatic hydroxyl groups excluding tert-OH is 1. The summed E-state index contributed by atoms with van der Waals surface area (Å²) in [6.07, 6.45) is 0.783. The summed E-state index contributed by atoms with van der Waals surface area (Å²) in [4.78, 5) is 25.0. The van der Waals surface area contributed by atoms with Crippen molar-refractivity contribution in [1.82, 2.24) is 5.32 Å². The van der Waals surface area contributed by atoms with Gasteiger partial charge in [0.2, 0.25) is 11.8 Å². The number of carbonyl (C=O) groups is 2. The van der Waals surface area contributed by atoms with Crippen molar-refractivity contribution in [2.24, 2.45) is 0 Å². The van der Waals surface area contributed by atoms with Crippen LogP contribution in [0.2, 0.25) is 5.02 Å². The third-order valence-corrected chi connectivity index (χ3v) is 3.17. The van der Waals surface area contributed by atoms with Crippen LogP contribution in [0.5, 0.6) is 0 Å². The molecule has 102 valence electrons. The van der Waals surface area contributed by atoms with Crippen LogP contribution in [0.1, 0.15) is 12.0 Å². The number of fused-ring (bicyclic) bond motifs is 1. The smallest absolute Gasteiger partial charge is 0.240 e. The third-order valence-electron chi connectivity index (χ3n) is 2.93. The Bertz CT molecular complexity index is 505. The molecule has 19 heavy (non-hydrogen) atoms. The van der Waals surface area contributed by atoms with Gasteiger partial charge in [-0.2, -0.15) is 0 Å². The van der Waals surface area contributed by atoms with Crippen LogP contribution < -0.4 is 10.2 Å². The molecule has 2 N–H and O–H groups in total. The molecule has 0 aromatic heterocycles. The lowest BCUT2D eigenvalue weighted by atomic mass is 10.2. The topological polar surface area (TPSA) is 69.6 Å². The van der Waals surface area contributed by atoms with Crippen LogP contribution in [0.25, 0.3) is 0 Å². The summed E-state index contributed by atoms with van der Waals surface area (Å²) in [6, 6.07) is 5.21. The number of rotatable bonds is 5. The first-order chi connectivity index (χ1) is 9.11. The van der Waals surface area contributed by atoms with Crippen LogP contribution in [0.4, 0.5) is 5.69 Å². The molecule has 0 saturated carbocycles. The number of halogens is 1. The molecule has 0 radical (unpaired) electrons. The molecule has 0 atom stereocenters. The maximum Gasteiger partial charge on any atom is 0.240 e. The highest BCUT2D eigenvalue weighted by Gasteiger charge is 2.28. The molecule has 0 fully saturated rings. The summed E-state index contributed by atoms with van der Waals surface area (Å²) in [5.74, 6) is -0.334. The molecule has 0 spiro atoms. The predicted molar refractivity (Wildman–Crippen MR) is 72.2 cm³/mol. The van der Waals surface area contributed by atoms with Crippen molar-refractivity contribution >= 4 is 29.1 Å². The van der Waals surface area contributed by atoms with Crippen LogP contribution in [0, 0.1) is 0 Å². The Morgan fingerprint density at radius 1 is 1.47 bits per heavy atom. The normalized spacial score (nSPS) is 13.6. The molecule has 1 aromatic carbocycles. The molecule has 1 aromatic rings. The zero-order chi connectivity index (χ0) is 13.8. The lowest BCUT2D eigenvalue weighted by Gasteiger charge is -2.17. The van der Waals surface area contributed by atoms with E-state index in [-0.39, 0.29) is 31.4 Å². The fourth-order valence-corrected chi connectivity index (χ4v) is 2.23. The zero-order valence-electron chi connectivity index (χ0n) is 10.4. The molecule has 0 aliphatic carbocycles. The summed E-state index contributed by atoms with van der Waals surface area (Å²) >= 11 is 5.88. The van der Waals surface area contributed by atoms with Gasteiger partial charge in [0, 0.05) is 23.9 Å². The van der Waals surface area contributed by atoms with Crippen LogP contribution in [0.3, 0.4) is 0 Å². The van der Waals surface area contributed by atoms with Gasteiger partial charge in [-0.05, 0) is 30.2 Å². The van der Waals surface area contributed by atoms with Crippen LogP contribution in [-0.4, -0.2) is 36.6 Å². The van der Waals surface area contributed by atoms with Crippen LogP contribution >= 0.6 is 11.6 Å². The standard InChI is InChI=1S/C13H15ClN2O3/c14-10-2-3-11-9(6-10)7-13(19)16(11)8-12(18)15-4-1-5-17/h2-3,6,17H,1,4-5,7-8H2,(H,15,18). The molecule has 2 rings (SSSR count). The Labute approximate surface area is 116 Å². The van der Waals surface area contributed by atoms with E-state index < -0.39 is 0 Å². The maximum atomic E-state index is 11.9. The van der Waals surface area contributed by atoms with Gasteiger partial charge in [-0.25, -0.2) is 0 Å². The Morgan fingerprint density at radius 2 is 2.26 bits per heavy atom. The monoisotopic (exact) mass is 282 g/mol. The van der Waals surface area contributed by atoms with Gasteiger partial charge in [-0.1, -0.05) is 11.6 Å². The number of anilines is 1. The quantitative estimate of drug-likeness (QED) is 0.782. The molecule has 1 aliphatic rings. The SMILES string of the molecule is O=C(CN1C(=O)Cc2cc(Cl)ccc21)NCCCO. The zero-order valence-corrected chi connectivity index (χ0v) is 11.1. The van der Waals surface area contributed by atoms with Gasteiger partial charge in [-0.3, -0.25) is 9.59 Å². The van der Waals surface area contributed by atoms with Crippen molar-refractivity contribution in [2.45, 2.75) is 12.8 Å². The van der Waals surface area contributed by atoms with Gasteiger partial charge in [-0.15, -0.1) is 0 Å². The number of carbonyl (C=O) groups excluding carboxylic acids is 2. The lowest BCUT2D eigenvalue weighted by molar-refractivity contribution is -0.123. The highest BCUT2D eigenvalue weighted by atomic mass is 35.5. The van der Waals surface area contributed by atoms with Gasteiger partial charge in [0.1, 0.15) is 6.54 Å². The molecule has 1 aliphatic heterocycles. The van der Waals surface area contributed by atoms with E-state index in [4.69, 9.17) is 16.7 Å². The van der Waals surface area contributed by atoms with Crippen molar-refractivity contribution < 1.29 is 14.7 Å². The van der Waals surface area contributed by atoms with Crippen LogP contribution in [0.15, 0.2) is 18.2 Å². The number of amides is 2. The first-order valence-corrected chi connectivity index (χ1v) is 6.46. The fourth-order valence-electron chi connectivity index (χ4n) is 2.03. The first kappa shape index (κ1) is 13.8. The summed E-state index contributed by atoms with van der Waals surface area (Å²) < 4.78 is 0. The number of aliphatic hydroxyl groups is 1. The summed E-state index contributed by atoms with van der Waals surface area (Å²) in [7, 11) is 0. The molecule has 2 amide bonds. The molecule has 6 heteroatoms. The Kier molecular flexibility index (Phi) is 4.39. The first-order valence-electron chi connectivity index (χ1n) is 6.08. The third kappa shape index (κ3) is 3.24. The minimum absolute atomic E-state index is 0.00110. The number of nitrogens with one attached hydrogen (secondary N) is 1. The second-order valence-electron chi connectivity index (χ2n) is 4.36. The lowest BCUT2D eigenvalue weighted by Crippen LogP contribution is -2.39. The van der Waals surface area contributed by atoms with Crippen molar-refractivity contribution in [3.8, 4) is 0 Å². The second-order valence-corrected chi connectivity index (χ2v) is 4.79. The molecular weight excluding hydrogens is 268 g/mol. The van der Waals surface area contributed by atoms with E-state index in [0.717, 1.165) is 11.3 Å². The number of nitrogens with zero attached hydrogens (tertiary/aromatic N) is 1. The number of hydrogen-bond acceptors (Lipinski definition) is 3. The molecule has 0 saturated heterocycles. The van der Waals surface area contributed by atoms with Gasteiger partial charge in [0.05, 0.1) is 6.42 Å². The predicted octanol–water partition coefficient (Wildman–Crippen LogP) is 0.728. The summed E-state index contributed by atoms with van der Waals surface area (Å²) in [6.45, 7) is 0.438. The highest BCUT2D eigenvalue weighted by Crippen LogP contribution is 2.30. The van der Waals surface area contributed by atoms with E-state index in [1.54, 1.807) is 18.2 Å². The van der Waals surface area contributed by atoms with Crippen molar-refractivity contribution in [3.63, 3.8) is 0 Å². The van der Waals surface area contributed by atoms with Gasteiger partial charge < -0.3 is 15.3 Å². The van der Waals surface area contributed by atoms with E-state index in [1.807, 2.05) is 0 Å². The van der Waals surface area contributed by atoms with E-state index >= 15 is 0 Å². The van der Waals surface area contributed by atoms with E-state index in [2.05, 4.69) is 5.32 Å². The second kappa shape index (κ2) is 6.04. The van der Waals surface area contributed by atoms with E-state index in [1.165, 1.54) is 4.90 Å². The van der Waals surface area contributed by atoms with Crippen LogP contribution in [-0.2, 0) is 16.0 Å².